The van der Waals surface area contributed by atoms with Crippen molar-refractivity contribution >= 4 is 63.5 Å². The van der Waals surface area contributed by atoms with Crippen LogP contribution in [-0.4, -0.2) is 66.1 Å². The zero-order valence-corrected chi connectivity index (χ0v) is 47.2. The fourth-order valence-electron chi connectivity index (χ4n) is 10.9. The van der Waals surface area contributed by atoms with E-state index in [1.165, 1.54) is 28.4 Å². The molecule has 8 aromatic carbocycles. The summed E-state index contributed by atoms with van der Waals surface area (Å²) in [6, 6.07) is 78.2. The molecule has 0 saturated carbocycles. The average Bonchev–Trinajstić information content (AvgIpc) is 4.45. The van der Waals surface area contributed by atoms with E-state index in [-0.39, 0.29) is 22.2 Å². The van der Waals surface area contributed by atoms with Crippen molar-refractivity contribution in [2.24, 2.45) is 5.16 Å². The normalized spacial score (nSPS) is 15.3. The van der Waals surface area contributed by atoms with Gasteiger partial charge < -0.3 is 20.6 Å². The number of thiazole rings is 1. The van der Waals surface area contributed by atoms with Crippen molar-refractivity contribution in [3.8, 4) is 0 Å². The van der Waals surface area contributed by atoms with Crippen molar-refractivity contribution in [1.29, 1.82) is 0 Å². The van der Waals surface area contributed by atoms with E-state index in [1.54, 1.807) is 5.38 Å². The molecule has 2 atom stereocenters. The van der Waals surface area contributed by atoms with Gasteiger partial charge in [-0.2, -0.15) is 5.10 Å². The number of anilines is 1. The van der Waals surface area contributed by atoms with Crippen molar-refractivity contribution in [1.82, 2.24) is 25.0 Å². The number of aryl methyl sites for hydroxylation is 1. The Balaban J connectivity index is 0.860. The molecule has 0 radical (unpaired) electrons. The number of hydrogen-bond donors (Lipinski definition) is 2. The van der Waals surface area contributed by atoms with E-state index in [2.05, 4.69) is 99.1 Å². The highest BCUT2D eigenvalue weighted by atomic mass is 32.2. The van der Waals surface area contributed by atoms with Gasteiger partial charge in [0.1, 0.15) is 28.3 Å². The van der Waals surface area contributed by atoms with Crippen LogP contribution in [0.4, 0.5) is 5.13 Å². The van der Waals surface area contributed by atoms with E-state index in [1.807, 2.05) is 176 Å². The number of benzene rings is 8. The molecule has 0 aliphatic carbocycles. The number of esters is 1. The third-order valence-corrected chi connectivity index (χ3v) is 18.1. The number of carbonyl (C=O) groups is 3. The first-order valence-electron chi connectivity index (χ1n) is 27.1. The second kappa shape index (κ2) is 24.4. The number of amides is 2. The Morgan fingerprint density at radius 3 is 1.58 bits per heavy atom. The number of fused-ring (bicyclic) bond motifs is 1. The van der Waals surface area contributed by atoms with Crippen LogP contribution in [0.2, 0.25) is 0 Å². The molecule has 2 aliphatic rings. The van der Waals surface area contributed by atoms with Crippen LogP contribution in [0.15, 0.2) is 276 Å². The molecule has 12 rings (SSSR count). The van der Waals surface area contributed by atoms with Crippen LogP contribution in [0.1, 0.15) is 61.9 Å². The van der Waals surface area contributed by atoms with Gasteiger partial charge in [-0.1, -0.05) is 248 Å². The largest absolute Gasteiger partial charge is 0.448 e. The predicted molar refractivity (Wildman–Crippen MR) is 329 cm³/mol. The molecule has 0 unspecified atom stereocenters. The van der Waals surface area contributed by atoms with Gasteiger partial charge in [0.2, 0.25) is 5.60 Å². The molecule has 12 nitrogen and oxygen atoms in total. The van der Waals surface area contributed by atoms with Crippen LogP contribution in [0.3, 0.4) is 0 Å². The lowest BCUT2D eigenvalue weighted by molar-refractivity contribution is -0.154. The number of thioether (sulfide) groups is 2. The Morgan fingerprint density at radius 2 is 1.12 bits per heavy atom. The fraction of sp³-hybridized carbons (Fsp3) is 0.118. The van der Waals surface area contributed by atoms with E-state index in [0.29, 0.717) is 22.8 Å². The standard InChI is InChI=1S/C68H55N7O5S3/c69-66-71-56(45-83-66)58(73-80-68(53-35-19-6-20-36-53,54-37-21-7-22-38-54)55-39-23-8-24-40-55)62(76)72-59-63(77)75-60(65(78)79-61(48-25-9-1-10-26-48)49-27-11-2-12-28-49)57(46-82-64(59)75)81-42-41-47-43-70-74(44-47)67(50-29-13-3-14-30-50,51-31-15-4-16-32-51)52-33-17-5-18-34-52/h1-40,43-45,59,61,64H,41-42,46H2,(H2,69,71)(H,72,76)/b73-58-/t59-,64-/m1/s1. The Bertz CT molecular complexity index is 3680. The zero-order valence-electron chi connectivity index (χ0n) is 44.8. The molecule has 10 aromatic rings. The minimum absolute atomic E-state index is 0.140. The van der Waals surface area contributed by atoms with Crippen molar-refractivity contribution < 1.29 is 24.0 Å². The molecule has 2 amide bonds. The number of oxime groups is 1. The number of nitrogens with zero attached hydrogens (tertiary/aromatic N) is 5. The number of rotatable bonds is 20. The molecule has 3 N–H and O–H groups in total. The number of β-lactam (4-membered cyclic amide) rings is 1. The monoisotopic (exact) mass is 1150 g/mol. The molecule has 83 heavy (non-hydrogen) atoms. The average molecular weight is 1150 g/mol. The summed E-state index contributed by atoms with van der Waals surface area (Å²) in [5.74, 6) is -0.950. The molecule has 1 fully saturated rings. The summed E-state index contributed by atoms with van der Waals surface area (Å²) in [6.45, 7) is 0. The Labute approximate surface area is 493 Å². The Hall–Kier alpha value is -9.28. The van der Waals surface area contributed by atoms with Crippen LogP contribution >= 0.6 is 34.9 Å². The molecular formula is C68H55N7O5S3. The smallest absolute Gasteiger partial charge is 0.356 e. The van der Waals surface area contributed by atoms with Gasteiger partial charge in [-0.25, -0.2) is 9.78 Å². The first-order valence-corrected chi connectivity index (χ1v) is 30.0. The van der Waals surface area contributed by atoms with Gasteiger partial charge in [0, 0.05) is 44.7 Å². The highest BCUT2D eigenvalue weighted by Gasteiger charge is 2.55. The number of nitrogens with two attached hydrogens (primary N) is 1. The summed E-state index contributed by atoms with van der Waals surface area (Å²) in [6.07, 6.45) is 3.82. The number of carbonyl (C=O) groups excluding carboxylic acids is 3. The van der Waals surface area contributed by atoms with E-state index in [0.717, 1.165) is 61.4 Å². The molecule has 0 spiro atoms. The predicted octanol–water partition coefficient (Wildman–Crippen LogP) is 12.4. The molecule has 15 heteroatoms. The molecule has 4 heterocycles. The van der Waals surface area contributed by atoms with Crippen molar-refractivity contribution in [3.05, 3.63) is 327 Å². The molecule has 1 saturated heterocycles. The highest BCUT2D eigenvalue weighted by Crippen LogP contribution is 2.46. The van der Waals surface area contributed by atoms with Gasteiger partial charge >= 0.3 is 5.97 Å². The number of nitrogens with one attached hydrogen (secondary N) is 1. The van der Waals surface area contributed by atoms with Crippen molar-refractivity contribution in [3.63, 3.8) is 0 Å². The van der Waals surface area contributed by atoms with Gasteiger partial charge in [-0.05, 0) is 39.8 Å². The lowest BCUT2D eigenvalue weighted by atomic mass is 9.77. The first kappa shape index (κ1) is 54.3. The van der Waals surface area contributed by atoms with Crippen LogP contribution in [-0.2, 0) is 41.5 Å². The van der Waals surface area contributed by atoms with Crippen LogP contribution < -0.4 is 11.1 Å². The maximum absolute atomic E-state index is 15.2. The molecule has 2 aliphatic heterocycles. The van der Waals surface area contributed by atoms with Gasteiger partial charge in [0.25, 0.3) is 11.8 Å². The minimum atomic E-state index is -1.33. The lowest BCUT2D eigenvalue weighted by Crippen LogP contribution is -2.71. The number of ether oxygens (including phenoxy) is 1. The third-order valence-electron chi connectivity index (χ3n) is 14.9. The first-order chi connectivity index (χ1) is 40.8. The second-order valence-corrected chi connectivity index (χ2v) is 23.0. The third kappa shape index (κ3) is 10.8. The Kier molecular flexibility index (Phi) is 16.0. The van der Waals surface area contributed by atoms with Gasteiger partial charge in [0.05, 0.1) is 6.20 Å². The lowest BCUT2D eigenvalue weighted by Gasteiger charge is -2.49. The van der Waals surface area contributed by atoms with Gasteiger partial charge in [0.15, 0.2) is 16.9 Å². The maximum Gasteiger partial charge on any atom is 0.356 e. The van der Waals surface area contributed by atoms with E-state index in [9.17, 15) is 9.59 Å². The van der Waals surface area contributed by atoms with Crippen molar-refractivity contribution in [2.45, 2.75) is 35.1 Å². The summed E-state index contributed by atoms with van der Waals surface area (Å²) in [5.41, 5.74) is 12.2. The molecule has 410 valence electrons. The topological polar surface area (TPSA) is 154 Å². The fourth-order valence-corrected chi connectivity index (χ4v) is 14.1. The molecular weight excluding hydrogens is 1090 g/mol. The van der Waals surface area contributed by atoms with Crippen LogP contribution in [0.5, 0.6) is 0 Å². The van der Waals surface area contributed by atoms with E-state index < -0.39 is 46.4 Å². The molecule has 0 bridgehead atoms. The summed E-state index contributed by atoms with van der Waals surface area (Å²) >= 11 is 4.11. The minimum Gasteiger partial charge on any atom is -0.448 e. The van der Waals surface area contributed by atoms with Crippen LogP contribution in [0.25, 0.3) is 0 Å². The summed E-state index contributed by atoms with van der Waals surface area (Å²) in [4.78, 5) is 58.4. The van der Waals surface area contributed by atoms with E-state index >= 15 is 4.79 Å². The maximum atomic E-state index is 15.2. The number of aromatic nitrogens is 3. The second-order valence-electron chi connectivity index (χ2n) is 19.8. The highest BCUT2D eigenvalue weighted by molar-refractivity contribution is 8.06. The number of hydrogen-bond acceptors (Lipinski definition) is 12. The summed E-state index contributed by atoms with van der Waals surface area (Å²) in [5, 5.41) is 13.9. The molecule has 2 aromatic heterocycles. The van der Waals surface area contributed by atoms with Crippen LogP contribution in [0, 0.1) is 0 Å². The van der Waals surface area contributed by atoms with Gasteiger partial charge in [-0.3, -0.25) is 19.2 Å². The van der Waals surface area contributed by atoms with Crippen molar-refractivity contribution in [2.75, 3.05) is 17.2 Å². The summed E-state index contributed by atoms with van der Waals surface area (Å²) < 4.78 is 8.59. The van der Waals surface area contributed by atoms with Gasteiger partial charge in [-0.15, -0.1) is 34.9 Å². The number of nitrogen functional groups attached to an aromatic ring is 1. The quantitative estimate of drug-likeness (QED) is 0.0248. The SMILES string of the molecule is Nc1nc(/C(=N/OC(c2ccccc2)(c2ccccc2)c2ccccc2)C(=O)N[C@@H]2C(=O)N3C(C(=O)OC(c4ccccc4)c4ccccc4)=C(SCCc4cnn(C(c5ccccc5)(c5ccccc5)c5ccccc5)c4)CS[C@H]23)cs1. The Morgan fingerprint density at radius 1 is 0.663 bits per heavy atom. The summed E-state index contributed by atoms with van der Waals surface area (Å²) in [7, 11) is 0. The zero-order chi connectivity index (χ0) is 56.6. The van der Waals surface area contributed by atoms with E-state index in [4.69, 9.17) is 20.4 Å².